The van der Waals surface area contributed by atoms with Gasteiger partial charge in [-0.3, -0.25) is 0 Å². The molecule has 3 unspecified atom stereocenters. The highest BCUT2D eigenvalue weighted by Crippen LogP contribution is 2.59. The summed E-state index contributed by atoms with van der Waals surface area (Å²) in [5.41, 5.74) is 0. The van der Waals surface area contributed by atoms with Crippen LogP contribution in [-0.4, -0.2) is 33.0 Å². The van der Waals surface area contributed by atoms with E-state index >= 15 is 0 Å². The van der Waals surface area contributed by atoms with Crippen molar-refractivity contribution in [3.8, 4) is 0 Å². The van der Waals surface area contributed by atoms with E-state index in [1.807, 2.05) is 0 Å². The van der Waals surface area contributed by atoms with Crippen LogP contribution in [0.1, 0.15) is 45.4 Å². The van der Waals surface area contributed by atoms with E-state index in [0.29, 0.717) is 11.8 Å². The van der Waals surface area contributed by atoms with Crippen LogP contribution in [0.5, 0.6) is 0 Å². The van der Waals surface area contributed by atoms with Gasteiger partial charge in [0.05, 0.1) is 0 Å². The zero-order valence-corrected chi connectivity index (χ0v) is 12.5. The summed E-state index contributed by atoms with van der Waals surface area (Å²) >= 11 is 0. The van der Waals surface area contributed by atoms with Crippen molar-refractivity contribution >= 4 is 9.84 Å². The van der Waals surface area contributed by atoms with E-state index in [1.54, 1.807) is 0 Å². The number of nitrogens with one attached hydrogen (secondary N) is 1. The molecule has 3 atom stereocenters. The number of sulfone groups is 1. The molecule has 0 aromatic rings. The lowest BCUT2D eigenvalue weighted by molar-refractivity contribution is 0.382. The second-order valence-electron chi connectivity index (χ2n) is 6.17. The molecule has 4 heteroatoms. The third-order valence-corrected chi connectivity index (χ3v) is 5.65. The van der Waals surface area contributed by atoms with Crippen LogP contribution in [0, 0.1) is 17.8 Å². The first-order chi connectivity index (χ1) is 8.53. The fourth-order valence-electron chi connectivity index (χ4n) is 3.80. The molecule has 106 valence electrons. The SMILES string of the molecule is CCCNC(CCCS(C)(=O)=O)C1C2CCCC21. The molecule has 2 aliphatic rings. The quantitative estimate of drug-likeness (QED) is 0.737. The van der Waals surface area contributed by atoms with Gasteiger partial charge in [0.25, 0.3) is 0 Å². The minimum absolute atomic E-state index is 0.347. The van der Waals surface area contributed by atoms with Crippen molar-refractivity contribution in [2.24, 2.45) is 17.8 Å². The molecule has 3 nitrogen and oxygen atoms in total. The molecule has 0 saturated heterocycles. The van der Waals surface area contributed by atoms with E-state index in [2.05, 4.69) is 12.2 Å². The van der Waals surface area contributed by atoms with E-state index in [4.69, 9.17) is 0 Å². The number of rotatable bonds is 8. The van der Waals surface area contributed by atoms with Gasteiger partial charge >= 0.3 is 0 Å². The molecule has 0 radical (unpaired) electrons. The lowest BCUT2D eigenvalue weighted by Crippen LogP contribution is -2.33. The Morgan fingerprint density at radius 3 is 2.50 bits per heavy atom. The molecule has 0 aromatic carbocycles. The lowest BCUT2D eigenvalue weighted by atomic mass is 10.00. The van der Waals surface area contributed by atoms with Crippen molar-refractivity contribution in [2.75, 3.05) is 18.6 Å². The molecule has 0 aromatic heterocycles. The number of hydrogen-bond acceptors (Lipinski definition) is 3. The zero-order valence-electron chi connectivity index (χ0n) is 11.7. The highest BCUT2D eigenvalue weighted by molar-refractivity contribution is 7.90. The molecular formula is C14H27NO2S. The van der Waals surface area contributed by atoms with Crippen LogP contribution >= 0.6 is 0 Å². The fraction of sp³-hybridized carbons (Fsp3) is 1.00. The van der Waals surface area contributed by atoms with Crippen LogP contribution in [-0.2, 0) is 9.84 Å². The summed E-state index contributed by atoms with van der Waals surface area (Å²) in [6.45, 7) is 3.26. The first-order valence-electron chi connectivity index (χ1n) is 7.44. The molecule has 0 bridgehead atoms. The average Bonchev–Trinajstić information content (AvgIpc) is 2.76. The first kappa shape index (κ1) is 14.3. The van der Waals surface area contributed by atoms with Gasteiger partial charge < -0.3 is 5.32 Å². The minimum Gasteiger partial charge on any atom is -0.314 e. The fourth-order valence-corrected chi connectivity index (χ4v) is 4.49. The van der Waals surface area contributed by atoms with Gasteiger partial charge in [-0.1, -0.05) is 13.3 Å². The van der Waals surface area contributed by atoms with Crippen molar-refractivity contribution < 1.29 is 8.42 Å². The Balaban J connectivity index is 1.78. The predicted molar refractivity (Wildman–Crippen MR) is 75.3 cm³/mol. The Morgan fingerprint density at radius 2 is 1.94 bits per heavy atom. The van der Waals surface area contributed by atoms with Crippen molar-refractivity contribution in [1.82, 2.24) is 5.32 Å². The Labute approximate surface area is 112 Å². The summed E-state index contributed by atoms with van der Waals surface area (Å²) < 4.78 is 22.4. The van der Waals surface area contributed by atoms with Gasteiger partial charge in [-0.2, -0.15) is 0 Å². The summed E-state index contributed by atoms with van der Waals surface area (Å²) in [5, 5.41) is 3.65. The number of hydrogen-bond donors (Lipinski definition) is 1. The van der Waals surface area contributed by atoms with Crippen molar-refractivity contribution in [3.05, 3.63) is 0 Å². The monoisotopic (exact) mass is 273 g/mol. The topological polar surface area (TPSA) is 46.2 Å². The summed E-state index contributed by atoms with van der Waals surface area (Å²) in [7, 11) is -2.79. The third kappa shape index (κ3) is 3.70. The maximum atomic E-state index is 11.2. The largest absolute Gasteiger partial charge is 0.314 e. The summed E-state index contributed by atoms with van der Waals surface area (Å²) in [6, 6.07) is 0.571. The van der Waals surface area contributed by atoms with Crippen LogP contribution in [0.4, 0.5) is 0 Å². The molecule has 1 N–H and O–H groups in total. The van der Waals surface area contributed by atoms with Crippen molar-refractivity contribution in [3.63, 3.8) is 0 Å². The van der Waals surface area contributed by atoms with Gasteiger partial charge in [0.15, 0.2) is 0 Å². The van der Waals surface area contributed by atoms with Crippen molar-refractivity contribution in [1.29, 1.82) is 0 Å². The lowest BCUT2D eigenvalue weighted by Gasteiger charge is -2.20. The highest BCUT2D eigenvalue weighted by Gasteiger charge is 2.55. The smallest absolute Gasteiger partial charge is 0.147 e. The van der Waals surface area contributed by atoms with Crippen LogP contribution in [0.3, 0.4) is 0 Å². The van der Waals surface area contributed by atoms with Crippen LogP contribution in [0.25, 0.3) is 0 Å². The van der Waals surface area contributed by atoms with Crippen LogP contribution in [0.15, 0.2) is 0 Å². The maximum Gasteiger partial charge on any atom is 0.147 e. The molecule has 0 aliphatic heterocycles. The van der Waals surface area contributed by atoms with E-state index in [1.165, 1.54) is 25.5 Å². The Morgan fingerprint density at radius 1 is 1.28 bits per heavy atom. The van der Waals surface area contributed by atoms with Crippen molar-refractivity contribution in [2.45, 2.75) is 51.5 Å². The normalized spacial score (nSPS) is 32.2. The molecule has 2 aliphatic carbocycles. The van der Waals surface area contributed by atoms with Gasteiger partial charge in [-0.05, 0) is 56.4 Å². The van der Waals surface area contributed by atoms with E-state index in [9.17, 15) is 8.42 Å². The molecular weight excluding hydrogens is 246 g/mol. The Kier molecular flexibility index (Phi) is 4.70. The molecule has 2 fully saturated rings. The molecule has 0 spiro atoms. The average molecular weight is 273 g/mol. The predicted octanol–water partition coefficient (Wildman–Crippen LogP) is 2.23. The van der Waals surface area contributed by atoms with E-state index < -0.39 is 9.84 Å². The Hall–Kier alpha value is -0.0900. The molecule has 0 amide bonds. The second-order valence-corrected chi connectivity index (χ2v) is 8.43. The molecule has 2 rings (SSSR count). The van der Waals surface area contributed by atoms with Crippen LogP contribution < -0.4 is 5.32 Å². The van der Waals surface area contributed by atoms with Gasteiger partial charge in [-0.25, -0.2) is 8.42 Å². The molecule has 18 heavy (non-hydrogen) atoms. The number of fused-ring (bicyclic) bond motifs is 1. The van der Waals surface area contributed by atoms with E-state index in [0.717, 1.165) is 43.6 Å². The van der Waals surface area contributed by atoms with Gasteiger partial charge in [0, 0.05) is 18.1 Å². The van der Waals surface area contributed by atoms with Crippen LogP contribution in [0.2, 0.25) is 0 Å². The van der Waals surface area contributed by atoms with Gasteiger partial charge in [0.2, 0.25) is 0 Å². The standard InChI is InChI=1S/C14H27NO2S/c1-3-9-15-13(8-5-10-18(2,16)17)14-11-6-4-7-12(11)14/h11-15H,3-10H2,1-2H3. The zero-order chi connectivity index (χ0) is 13.2. The summed E-state index contributed by atoms with van der Waals surface area (Å²) in [6.07, 6.45) is 8.58. The molecule has 0 heterocycles. The summed E-state index contributed by atoms with van der Waals surface area (Å²) in [5.74, 6) is 3.11. The maximum absolute atomic E-state index is 11.2. The Bertz CT molecular complexity index is 356. The highest BCUT2D eigenvalue weighted by atomic mass is 32.2. The second kappa shape index (κ2) is 5.91. The minimum atomic E-state index is -2.79. The van der Waals surface area contributed by atoms with Gasteiger partial charge in [-0.15, -0.1) is 0 Å². The third-order valence-electron chi connectivity index (χ3n) is 4.62. The van der Waals surface area contributed by atoms with E-state index in [-0.39, 0.29) is 0 Å². The summed E-state index contributed by atoms with van der Waals surface area (Å²) in [4.78, 5) is 0. The van der Waals surface area contributed by atoms with Gasteiger partial charge in [0.1, 0.15) is 9.84 Å². The molecule has 2 saturated carbocycles. The first-order valence-corrected chi connectivity index (χ1v) is 9.50.